The lowest BCUT2D eigenvalue weighted by molar-refractivity contribution is -0.138. The number of alkyl halides is 3. The van der Waals surface area contributed by atoms with Crippen LogP contribution < -0.4 is 5.73 Å². The molecule has 1 aromatic rings. The zero-order valence-electron chi connectivity index (χ0n) is 6.84. The number of nitrogens with two attached hydrogens (primary N) is 1. The lowest BCUT2D eigenvalue weighted by Crippen LogP contribution is -2.19. The van der Waals surface area contributed by atoms with Crippen LogP contribution in [0.25, 0.3) is 0 Å². The Morgan fingerprint density at radius 1 is 1.50 bits per heavy atom. The average molecular weight is 311 g/mol. The fraction of sp³-hybridized carbons (Fsp3) is 0.429. The van der Waals surface area contributed by atoms with Gasteiger partial charge in [0, 0.05) is 15.4 Å². The minimum atomic E-state index is -4.21. The molecule has 0 saturated carbocycles. The van der Waals surface area contributed by atoms with Gasteiger partial charge in [0.2, 0.25) is 0 Å². The minimum absolute atomic E-state index is 0. The molecule has 0 aliphatic carbocycles. The van der Waals surface area contributed by atoms with E-state index in [4.69, 9.17) is 5.73 Å². The molecule has 0 amide bonds. The van der Waals surface area contributed by atoms with E-state index in [1.54, 1.807) is 11.4 Å². The van der Waals surface area contributed by atoms with Crippen molar-refractivity contribution in [2.24, 2.45) is 5.73 Å². The third-order valence-corrected chi connectivity index (χ3v) is 3.44. The Morgan fingerprint density at radius 2 is 2.07 bits per heavy atom. The Morgan fingerprint density at radius 3 is 2.43 bits per heavy atom. The van der Waals surface area contributed by atoms with Crippen molar-refractivity contribution < 1.29 is 13.2 Å². The highest BCUT2D eigenvalue weighted by molar-refractivity contribution is 9.10. The van der Waals surface area contributed by atoms with Crippen LogP contribution in [0, 0.1) is 0 Å². The van der Waals surface area contributed by atoms with Gasteiger partial charge in [-0.1, -0.05) is 0 Å². The van der Waals surface area contributed by atoms with Crippen LogP contribution in [0.1, 0.15) is 17.3 Å². The van der Waals surface area contributed by atoms with E-state index in [2.05, 4.69) is 15.9 Å². The Labute approximate surface area is 98.0 Å². The normalized spacial score (nSPS) is 13.5. The second-order valence-corrected chi connectivity index (χ2v) is 4.36. The lowest BCUT2D eigenvalue weighted by Gasteiger charge is -2.12. The summed E-state index contributed by atoms with van der Waals surface area (Å²) in [6, 6.07) is 0.727. The van der Waals surface area contributed by atoms with Crippen molar-refractivity contribution in [1.82, 2.24) is 0 Å². The Hall–Kier alpha value is 0.220. The van der Waals surface area contributed by atoms with Crippen LogP contribution in [0.2, 0.25) is 0 Å². The molecule has 0 spiro atoms. The first kappa shape index (κ1) is 14.2. The maximum Gasteiger partial charge on any atom is 0.390 e. The minimum Gasteiger partial charge on any atom is -0.323 e. The molecule has 1 heterocycles. The summed E-state index contributed by atoms with van der Waals surface area (Å²) >= 11 is 4.36. The van der Waals surface area contributed by atoms with Gasteiger partial charge in [-0.2, -0.15) is 13.2 Å². The summed E-state index contributed by atoms with van der Waals surface area (Å²) < 4.78 is 36.5. The Kier molecular flexibility index (Phi) is 5.43. The maximum atomic E-state index is 11.9. The number of hydrogen-bond acceptors (Lipinski definition) is 2. The first-order valence-electron chi connectivity index (χ1n) is 3.45. The highest BCUT2D eigenvalue weighted by Crippen LogP contribution is 2.34. The second-order valence-electron chi connectivity index (χ2n) is 2.56. The van der Waals surface area contributed by atoms with Crippen LogP contribution in [-0.4, -0.2) is 6.18 Å². The summed E-state index contributed by atoms with van der Waals surface area (Å²) in [6.07, 6.45) is -5.19. The quantitative estimate of drug-likeness (QED) is 0.881. The molecule has 0 aromatic carbocycles. The van der Waals surface area contributed by atoms with Crippen molar-refractivity contribution in [2.75, 3.05) is 0 Å². The van der Waals surface area contributed by atoms with Crippen molar-refractivity contribution in [1.29, 1.82) is 0 Å². The largest absolute Gasteiger partial charge is 0.390 e. The molecule has 0 fully saturated rings. The molecule has 1 nitrogen and oxygen atoms in total. The molecule has 0 saturated heterocycles. The third kappa shape index (κ3) is 4.16. The van der Waals surface area contributed by atoms with E-state index in [0.717, 1.165) is 0 Å². The summed E-state index contributed by atoms with van der Waals surface area (Å²) in [4.78, 5) is 0.539. The predicted octanol–water partition coefficient (Wildman–Crippen LogP) is 3.88. The number of hydrogen-bond donors (Lipinski definition) is 1. The van der Waals surface area contributed by atoms with Crippen molar-refractivity contribution in [3.63, 3.8) is 0 Å². The zero-order valence-corrected chi connectivity index (χ0v) is 10.1. The summed E-state index contributed by atoms with van der Waals surface area (Å²) in [7, 11) is 0. The van der Waals surface area contributed by atoms with Gasteiger partial charge in [-0.3, -0.25) is 0 Å². The van der Waals surface area contributed by atoms with Gasteiger partial charge in [0.1, 0.15) is 0 Å². The van der Waals surface area contributed by atoms with Crippen LogP contribution in [0.5, 0.6) is 0 Å². The maximum absolute atomic E-state index is 11.9. The van der Waals surface area contributed by atoms with Gasteiger partial charge in [-0.15, -0.1) is 23.7 Å². The highest BCUT2D eigenvalue weighted by Gasteiger charge is 2.31. The van der Waals surface area contributed by atoms with Crippen LogP contribution >= 0.6 is 39.7 Å². The van der Waals surface area contributed by atoms with Gasteiger partial charge in [-0.05, 0) is 27.4 Å². The van der Waals surface area contributed by atoms with Crippen LogP contribution in [0.3, 0.4) is 0 Å². The topological polar surface area (TPSA) is 26.0 Å². The van der Waals surface area contributed by atoms with Crippen molar-refractivity contribution in [3.8, 4) is 0 Å². The molecule has 1 atom stereocenters. The fourth-order valence-electron chi connectivity index (χ4n) is 0.912. The van der Waals surface area contributed by atoms with Crippen LogP contribution in [0.15, 0.2) is 15.9 Å². The Bertz CT molecular complexity index is 289. The molecule has 82 valence electrons. The van der Waals surface area contributed by atoms with Crippen molar-refractivity contribution >= 4 is 39.7 Å². The summed E-state index contributed by atoms with van der Waals surface area (Å²) in [5.74, 6) is 0. The fourth-order valence-corrected chi connectivity index (χ4v) is 2.58. The van der Waals surface area contributed by atoms with E-state index in [9.17, 15) is 13.2 Å². The van der Waals surface area contributed by atoms with E-state index in [1.807, 2.05) is 0 Å². The molecular formula is C7H8BrClF3NS. The van der Waals surface area contributed by atoms with E-state index in [0.29, 0.717) is 9.35 Å². The van der Waals surface area contributed by atoms with Gasteiger partial charge in [0.25, 0.3) is 0 Å². The van der Waals surface area contributed by atoms with Crippen molar-refractivity contribution in [3.05, 3.63) is 20.8 Å². The molecule has 2 N–H and O–H groups in total. The van der Waals surface area contributed by atoms with Gasteiger partial charge in [-0.25, -0.2) is 0 Å². The first-order chi connectivity index (χ1) is 5.90. The van der Waals surface area contributed by atoms with E-state index in [-0.39, 0.29) is 12.4 Å². The number of halogens is 5. The van der Waals surface area contributed by atoms with Gasteiger partial charge in [0.05, 0.1) is 6.42 Å². The van der Waals surface area contributed by atoms with Crippen molar-refractivity contribution in [2.45, 2.75) is 18.6 Å². The van der Waals surface area contributed by atoms with Crippen LogP contribution in [-0.2, 0) is 0 Å². The Balaban J connectivity index is 0.00000169. The molecule has 0 aliphatic rings. The molecular weight excluding hydrogens is 303 g/mol. The summed E-state index contributed by atoms with van der Waals surface area (Å²) in [5.41, 5.74) is 5.39. The third-order valence-electron chi connectivity index (χ3n) is 1.43. The summed E-state index contributed by atoms with van der Waals surface area (Å²) in [6.45, 7) is 0. The smallest absolute Gasteiger partial charge is 0.323 e. The van der Waals surface area contributed by atoms with Crippen LogP contribution in [0.4, 0.5) is 13.2 Å². The second kappa shape index (κ2) is 5.34. The lowest BCUT2D eigenvalue weighted by atomic mass is 10.2. The van der Waals surface area contributed by atoms with Gasteiger partial charge in [0.15, 0.2) is 0 Å². The van der Waals surface area contributed by atoms with E-state index < -0.39 is 18.6 Å². The molecule has 1 rings (SSSR count). The molecule has 0 radical (unpaired) electrons. The monoisotopic (exact) mass is 309 g/mol. The highest BCUT2D eigenvalue weighted by atomic mass is 79.9. The standard InChI is InChI=1S/C7H7BrF3NS.ClH/c8-4-1-2-13-6(4)5(12)3-7(9,10)11;/h1-2,5H,3,12H2;1H/t5-;/m1./s1. The van der Waals surface area contributed by atoms with Gasteiger partial charge >= 0.3 is 6.18 Å². The average Bonchev–Trinajstić information content (AvgIpc) is 2.30. The molecule has 14 heavy (non-hydrogen) atoms. The molecule has 7 heteroatoms. The molecule has 0 aliphatic heterocycles. The molecule has 0 bridgehead atoms. The predicted molar refractivity (Wildman–Crippen MR) is 56.9 cm³/mol. The van der Waals surface area contributed by atoms with E-state index >= 15 is 0 Å². The zero-order chi connectivity index (χ0) is 10.1. The molecule has 1 aromatic heterocycles. The number of rotatable bonds is 2. The first-order valence-corrected chi connectivity index (χ1v) is 5.12. The van der Waals surface area contributed by atoms with Gasteiger partial charge < -0.3 is 5.73 Å². The number of thiophene rings is 1. The SMILES string of the molecule is Cl.N[C@H](CC(F)(F)F)c1sccc1Br. The summed E-state index contributed by atoms with van der Waals surface area (Å²) in [5, 5.41) is 1.70. The molecule has 0 unspecified atom stereocenters. The van der Waals surface area contributed by atoms with E-state index in [1.165, 1.54) is 11.3 Å².